The maximum Gasteiger partial charge on any atom is 0.348 e. The second-order valence-electron chi connectivity index (χ2n) is 11.5. The number of aliphatic hydroxyl groups excluding tert-OH is 6. The zero-order chi connectivity index (χ0) is 34.3. The first-order chi connectivity index (χ1) is 20.5. The van der Waals surface area contributed by atoms with E-state index in [-0.39, 0.29) is 0 Å². The Hall–Kier alpha value is -2.36. The van der Waals surface area contributed by atoms with Gasteiger partial charge in [-0.2, -0.15) is 0 Å². The Labute approximate surface area is 259 Å². The Balaban J connectivity index is 5.85. The molecule has 258 valence electrons. The van der Waals surface area contributed by atoms with Crippen molar-refractivity contribution in [2.45, 2.75) is 130 Å². The number of carbonyl (C=O) groups excluding carboxylic acids is 4. The number of hydrogen-bond donors (Lipinski definition) is 6. The number of rotatable bonds is 21. The van der Waals surface area contributed by atoms with E-state index in [0.717, 1.165) is 0 Å². The first kappa shape index (κ1) is 41.6. The van der Waals surface area contributed by atoms with Crippen molar-refractivity contribution < 1.29 is 68.8 Å². The van der Waals surface area contributed by atoms with Crippen molar-refractivity contribution in [2.75, 3.05) is 13.2 Å². The molecule has 0 fully saturated rings. The summed E-state index contributed by atoms with van der Waals surface area (Å²) < 4.78 is 21.4. The number of ether oxygens (including phenoxy) is 4. The molecule has 0 aromatic rings. The standard InChI is InChI=1S/C30H54O14/c1-9-15(5)21(34)27(37)42-25(17(7)11-3)29(39)44-26(18(8)12-4)30(40)43-24(16(6)10-2)28(38)41-14-20(33)23(36)22(35)19(32)13-31/h15-26,31-36H,9-14H2,1-8H3/t15-,16+,17-,18+,19+,20-,21-,22+,23-,24-,25-,26-/m0/s1. The molecule has 0 aliphatic carbocycles. The van der Waals surface area contributed by atoms with E-state index in [9.17, 15) is 44.7 Å². The van der Waals surface area contributed by atoms with E-state index in [1.807, 2.05) is 0 Å². The normalized spacial score (nSPS) is 19.9. The van der Waals surface area contributed by atoms with Crippen LogP contribution in [0.5, 0.6) is 0 Å². The molecule has 0 amide bonds. The molecule has 0 radical (unpaired) electrons. The summed E-state index contributed by atoms with van der Waals surface area (Å²) in [6, 6.07) is 0. The zero-order valence-corrected chi connectivity index (χ0v) is 27.1. The van der Waals surface area contributed by atoms with E-state index in [1.165, 1.54) is 0 Å². The minimum absolute atomic E-state index is 0.345. The van der Waals surface area contributed by atoms with Crippen LogP contribution in [0.3, 0.4) is 0 Å². The highest BCUT2D eigenvalue weighted by atomic mass is 16.6. The fraction of sp³-hybridized carbons (Fsp3) is 0.867. The van der Waals surface area contributed by atoms with Gasteiger partial charge in [-0.3, -0.25) is 0 Å². The van der Waals surface area contributed by atoms with Gasteiger partial charge < -0.3 is 49.6 Å². The number of esters is 4. The summed E-state index contributed by atoms with van der Waals surface area (Å²) in [6.45, 7) is 11.8. The summed E-state index contributed by atoms with van der Waals surface area (Å²) in [5.41, 5.74) is 0. The SMILES string of the molecule is CC[C@@H](C)[C@H](OC(=O)[C@@H](OC(=O)[C@@H](OC(=O)[C@@H](O)[C@@H](C)CC)[C@@H](C)CC)[C@H](C)CC)C(=O)OC[C@H](O)[C@H](O)[C@H](O)[C@H](O)CO. The second-order valence-corrected chi connectivity index (χ2v) is 11.5. The lowest BCUT2D eigenvalue weighted by Gasteiger charge is -2.29. The molecule has 0 aliphatic rings. The van der Waals surface area contributed by atoms with Crippen LogP contribution < -0.4 is 0 Å². The monoisotopic (exact) mass is 638 g/mol. The van der Waals surface area contributed by atoms with Crippen molar-refractivity contribution in [1.82, 2.24) is 0 Å². The van der Waals surface area contributed by atoms with Crippen LogP contribution in [-0.2, 0) is 38.1 Å². The van der Waals surface area contributed by atoms with E-state index >= 15 is 0 Å². The summed E-state index contributed by atoms with van der Waals surface area (Å²) in [5, 5.41) is 58.5. The Morgan fingerprint density at radius 3 is 1.23 bits per heavy atom. The largest absolute Gasteiger partial charge is 0.460 e. The molecule has 0 bridgehead atoms. The quantitative estimate of drug-likeness (QED) is 0.0732. The molecule has 0 saturated heterocycles. The van der Waals surface area contributed by atoms with Gasteiger partial charge in [0, 0.05) is 17.8 Å². The highest BCUT2D eigenvalue weighted by Crippen LogP contribution is 2.23. The van der Waals surface area contributed by atoms with Crippen molar-refractivity contribution in [2.24, 2.45) is 23.7 Å². The molecule has 14 nitrogen and oxygen atoms in total. The maximum atomic E-state index is 13.3. The summed E-state index contributed by atoms with van der Waals surface area (Å²) in [6.07, 6.45) is -11.8. The summed E-state index contributed by atoms with van der Waals surface area (Å²) in [4.78, 5) is 52.1. The van der Waals surface area contributed by atoms with Gasteiger partial charge in [-0.1, -0.05) is 61.8 Å². The molecule has 0 aliphatic heterocycles. The van der Waals surface area contributed by atoms with Crippen molar-refractivity contribution in [3.05, 3.63) is 0 Å². The van der Waals surface area contributed by atoms with Gasteiger partial charge >= 0.3 is 23.9 Å². The van der Waals surface area contributed by atoms with Gasteiger partial charge in [0.25, 0.3) is 0 Å². The van der Waals surface area contributed by atoms with Gasteiger partial charge in [-0.15, -0.1) is 0 Å². The lowest BCUT2D eigenvalue weighted by atomic mass is 9.98. The molecule has 6 N–H and O–H groups in total. The molecule has 0 aromatic heterocycles. The van der Waals surface area contributed by atoms with Gasteiger partial charge in [0.2, 0.25) is 18.3 Å². The molecule has 44 heavy (non-hydrogen) atoms. The third kappa shape index (κ3) is 12.6. The van der Waals surface area contributed by atoms with Gasteiger partial charge in [0.05, 0.1) is 6.61 Å². The van der Waals surface area contributed by atoms with Crippen LogP contribution in [0.1, 0.15) is 81.1 Å². The third-order valence-electron chi connectivity index (χ3n) is 8.05. The molecular formula is C30H54O14. The zero-order valence-electron chi connectivity index (χ0n) is 27.1. The summed E-state index contributed by atoms with van der Waals surface area (Å²) in [7, 11) is 0. The van der Waals surface area contributed by atoms with Crippen LogP contribution in [0.2, 0.25) is 0 Å². The molecule has 0 aromatic carbocycles. The number of hydrogen-bond acceptors (Lipinski definition) is 14. The minimum Gasteiger partial charge on any atom is -0.460 e. The van der Waals surface area contributed by atoms with Crippen molar-refractivity contribution in [3.8, 4) is 0 Å². The average molecular weight is 639 g/mol. The van der Waals surface area contributed by atoms with E-state index in [0.29, 0.717) is 25.7 Å². The maximum absolute atomic E-state index is 13.3. The van der Waals surface area contributed by atoms with Crippen LogP contribution in [0.4, 0.5) is 0 Å². The van der Waals surface area contributed by atoms with Crippen molar-refractivity contribution in [1.29, 1.82) is 0 Å². The Morgan fingerprint density at radius 1 is 0.523 bits per heavy atom. The molecule has 0 heterocycles. The molecular weight excluding hydrogens is 584 g/mol. The van der Waals surface area contributed by atoms with E-state index in [2.05, 4.69) is 0 Å². The van der Waals surface area contributed by atoms with Crippen LogP contribution in [0, 0.1) is 23.7 Å². The van der Waals surface area contributed by atoms with Gasteiger partial charge in [0.1, 0.15) is 31.0 Å². The molecule has 12 atom stereocenters. The van der Waals surface area contributed by atoms with Crippen molar-refractivity contribution >= 4 is 23.9 Å². The summed E-state index contributed by atoms with van der Waals surface area (Å²) in [5.74, 6) is -6.29. The fourth-order valence-corrected chi connectivity index (χ4v) is 3.78. The number of carbonyl (C=O) groups is 4. The molecule has 0 saturated carbocycles. The predicted octanol–water partition coefficient (Wildman–Crippen LogP) is 0.246. The first-order valence-corrected chi connectivity index (χ1v) is 15.3. The minimum atomic E-state index is -1.97. The van der Waals surface area contributed by atoms with Gasteiger partial charge in [-0.05, 0) is 25.2 Å². The van der Waals surface area contributed by atoms with Crippen LogP contribution in [0.25, 0.3) is 0 Å². The topological polar surface area (TPSA) is 227 Å². The third-order valence-corrected chi connectivity index (χ3v) is 8.05. The second kappa shape index (κ2) is 20.6. The lowest BCUT2D eigenvalue weighted by molar-refractivity contribution is -0.194. The van der Waals surface area contributed by atoms with Crippen molar-refractivity contribution in [3.63, 3.8) is 0 Å². The first-order valence-electron chi connectivity index (χ1n) is 15.3. The van der Waals surface area contributed by atoms with Crippen LogP contribution in [-0.4, -0.2) is 117 Å². The van der Waals surface area contributed by atoms with Gasteiger partial charge in [0.15, 0.2) is 6.10 Å². The molecule has 0 spiro atoms. The average Bonchev–Trinajstić information content (AvgIpc) is 3.03. The van der Waals surface area contributed by atoms with Crippen LogP contribution in [0.15, 0.2) is 0 Å². The number of aliphatic hydroxyl groups is 6. The highest BCUT2D eigenvalue weighted by molar-refractivity contribution is 5.86. The molecule has 0 rings (SSSR count). The molecule has 14 heteroatoms. The Bertz CT molecular complexity index is 882. The predicted molar refractivity (Wildman–Crippen MR) is 156 cm³/mol. The highest BCUT2D eigenvalue weighted by Gasteiger charge is 2.40. The molecule has 0 unspecified atom stereocenters. The van der Waals surface area contributed by atoms with E-state index < -0.39 is 110 Å². The fourth-order valence-electron chi connectivity index (χ4n) is 3.78. The van der Waals surface area contributed by atoms with Gasteiger partial charge in [-0.25, -0.2) is 19.2 Å². The lowest BCUT2D eigenvalue weighted by Crippen LogP contribution is -2.48. The van der Waals surface area contributed by atoms with Crippen LogP contribution >= 0.6 is 0 Å². The Kier molecular flexibility index (Phi) is 19.5. The summed E-state index contributed by atoms with van der Waals surface area (Å²) >= 11 is 0. The van der Waals surface area contributed by atoms with E-state index in [1.54, 1.807) is 55.4 Å². The van der Waals surface area contributed by atoms with E-state index in [4.69, 9.17) is 24.1 Å². The Morgan fingerprint density at radius 2 is 0.864 bits per heavy atom. The smallest absolute Gasteiger partial charge is 0.348 e.